The minimum absolute atomic E-state index is 0.0439. The highest BCUT2D eigenvalue weighted by molar-refractivity contribution is 8.18. The molecule has 1 amide bonds. The van der Waals surface area contributed by atoms with Crippen molar-refractivity contribution in [2.75, 3.05) is 13.7 Å². The summed E-state index contributed by atoms with van der Waals surface area (Å²) in [6.45, 7) is -0.591. The Morgan fingerprint density at radius 1 is 1.16 bits per heavy atom. The summed E-state index contributed by atoms with van der Waals surface area (Å²) in [5, 5.41) is 18.3. The number of hydrogen-bond acceptors (Lipinski definition) is 6. The van der Waals surface area contributed by atoms with Crippen LogP contribution in [0.1, 0.15) is 15.9 Å². The summed E-state index contributed by atoms with van der Waals surface area (Å²) in [6.07, 6.45) is 1.58. The summed E-state index contributed by atoms with van der Waals surface area (Å²) in [5.74, 6) is -2.45. The van der Waals surface area contributed by atoms with E-state index in [-0.39, 0.29) is 27.3 Å². The third-order valence-corrected chi connectivity index (χ3v) is 5.62. The van der Waals surface area contributed by atoms with Crippen molar-refractivity contribution in [1.29, 1.82) is 0 Å². The maximum atomic E-state index is 12.6. The van der Waals surface area contributed by atoms with Gasteiger partial charge in [0.2, 0.25) is 0 Å². The third-order valence-electron chi connectivity index (χ3n) is 4.00. The molecule has 0 saturated carbocycles. The number of aliphatic carboxylic acids is 1. The van der Waals surface area contributed by atoms with Gasteiger partial charge in [0.05, 0.1) is 26.2 Å². The molecule has 1 heterocycles. The molecule has 2 N–H and O–H groups in total. The van der Waals surface area contributed by atoms with Gasteiger partial charge in [-0.1, -0.05) is 23.2 Å². The number of thioether (sulfide) groups is 1. The van der Waals surface area contributed by atoms with Crippen LogP contribution in [0, 0.1) is 0 Å². The molecule has 0 spiro atoms. The lowest BCUT2D eigenvalue weighted by Crippen LogP contribution is -2.23. The van der Waals surface area contributed by atoms with Gasteiger partial charge in [0, 0.05) is 7.05 Å². The van der Waals surface area contributed by atoms with Gasteiger partial charge in [-0.25, -0.2) is 14.6 Å². The molecule has 160 valence electrons. The minimum atomic E-state index is -1.17. The van der Waals surface area contributed by atoms with Gasteiger partial charge >= 0.3 is 11.9 Å². The Labute approximate surface area is 190 Å². The van der Waals surface area contributed by atoms with E-state index in [2.05, 4.69) is 4.99 Å². The first-order valence-corrected chi connectivity index (χ1v) is 10.2. The maximum absolute atomic E-state index is 12.6. The van der Waals surface area contributed by atoms with Gasteiger partial charge in [0.1, 0.15) is 0 Å². The van der Waals surface area contributed by atoms with Crippen molar-refractivity contribution in [3.8, 4) is 5.75 Å². The Morgan fingerprint density at radius 2 is 1.77 bits per heavy atom. The molecule has 0 aliphatic carbocycles. The summed E-state index contributed by atoms with van der Waals surface area (Å²) in [4.78, 5) is 40.3. The number of carboxylic acid groups (broad SMARTS) is 2. The normalized spacial score (nSPS) is 16.2. The monoisotopic (exact) mass is 480 g/mol. The number of rotatable bonds is 6. The maximum Gasteiger partial charge on any atom is 0.341 e. The number of hydrogen-bond donors (Lipinski definition) is 2. The summed E-state index contributed by atoms with van der Waals surface area (Å²) in [5.41, 5.74) is 1.16. The Hall–Kier alpha value is -3.01. The summed E-state index contributed by atoms with van der Waals surface area (Å²) >= 11 is 13.4. The van der Waals surface area contributed by atoms with Crippen molar-refractivity contribution >= 4 is 69.7 Å². The Morgan fingerprint density at radius 3 is 2.32 bits per heavy atom. The number of aromatic carboxylic acids is 1. The highest BCUT2D eigenvalue weighted by atomic mass is 35.5. The average Bonchev–Trinajstić information content (AvgIpc) is 2.95. The molecule has 0 unspecified atom stereocenters. The van der Waals surface area contributed by atoms with Gasteiger partial charge in [-0.15, -0.1) is 0 Å². The molecule has 31 heavy (non-hydrogen) atoms. The fourth-order valence-corrected chi connectivity index (χ4v) is 4.13. The van der Waals surface area contributed by atoms with Crippen LogP contribution >= 0.6 is 35.0 Å². The molecule has 1 saturated heterocycles. The van der Waals surface area contributed by atoms with Crippen molar-refractivity contribution in [2.45, 2.75) is 0 Å². The third kappa shape index (κ3) is 5.38. The number of carbonyl (C=O) groups excluding carboxylic acids is 1. The molecule has 0 bridgehead atoms. The lowest BCUT2D eigenvalue weighted by molar-refractivity contribution is -0.139. The predicted octanol–water partition coefficient (Wildman–Crippen LogP) is 4.39. The van der Waals surface area contributed by atoms with E-state index >= 15 is 0 Å². The van der Waals surface area contributed by atoms with E-state index in [4.69, 9.17) is 38.2 Å². The summed E-state index contributed by atoms with van der Waals surface area (Å²) in [6, 6.07) is 8.96. The fraction of sp³-hybridized carbons (Fsp3) is 0.100. The second kappa shape index (κ2) is 9.42. The van der Waals surface area contributed by atoms with Crippen LogP contribution in [0.15, 0.2) is 46.3 Å². The fourth-order valence-electron chi connectivity index (χ4n) is 2.53. The van der Waals surface area contributed by atoms with Crippen LogP contribution in [-0.2, 0) is 9.59 Å². The van der Waals surface area contributed by atoms with Crippen molar-refractivity contribution < 1.29 is 29.3 Å². The lowest BCUT2D eigenvalue weighted by Gasteiger charge is -2.09. The molecule has 11 heteroatoms. The van der Waals surface area contributed by atoms with Crippen LogP contribution in [0.3, 0.4) is 0 Å². The zero-order chi connectivity index (χ0) is 22.7. The first-order valence-electron chi connectivity index (χ1n) is 8.59. The van der Waals surface area contributed by atoms with E-state index in [1.807, 2.05) is 0 Å². The largest absolute Gasteiger partial charge is 0.479 e. The average molecular weight is 481 g/mol. The molecule has 1 aliphatic heterocycles. The van der Waals surface area contributed by atoms with E-state index in [0.717, 1.165) is 11.8 Å². The van der Waals surface area contributed by atoms with Gasteiger partial charge in [-0.3, -0.25) is 9.69 Å². The summed E-state index contributed by atoms with van der Waals surface area (Å²) < 4.78 is 5.08. The molecule has 8 nitrogen and oxygen atoms in total. The van der Waals surface area contributed by atoms with E-state index < -0.39 is 18.5 Å². The highest BCUT2D eigenvalue weighted by Gasteiger charge is 2.30. The first-order chi connectivity index (χ1) is 14.7. The van der Waals surface area contributed by atoms with Crippen molar-refractivity contribution in [3.05, 3.63) is 62.5 Å². The van der Waals surface area contributed by atoms with E-state index in [0.29, 0.717) is 21.3 Å². The van der Waals surface area contributed by atoms with Crippen LogP contribution in [-0.4, -0.2) is 51.8 Å². The lowest BCUT2D eigenvalue weighted by atomic mass is 10.2. The van der Waals surface area contributed by atoms with E-state index in [1.165, 1.54) is 29.2 Å². The number of amides is 1. The molecular weight excluding hydrogens is 467 g/mol. The second-order valence-corrected chi connectivity index (χ2v) is 8.04. The SMILES string of the molecule is CN1C(=O)/C(=C/c2cc(Cl)c(OCC(=O)O)c(Cl)c2)SC1=Nc1ccc(C(=O)O)cc1. The van der Waals surface area contributed by atoms with Gasteiger partial charge in [-0.2, -0.15) is 0 Å². The van der Waals surface area contributed by atoms with Crippen LogP contribution in [0.5, 0.6) is 5.75 Å². The molecule has 0 atom stereocenters. The number of amidine groups is 1. The molecule has 0 aromatic heterocycles. The summed E-state index contributed by atoms with van der Waals surface area (Å²) in [7, 11) is 1.57. The number of benzene rings is 2. The van der Waals surface area contributed by atoms with Crippen LogP contribution in [0.4, 0.5) is 5.69 Å². The number of likely N-dealkylation sites (N-methyl/N-ethyl adjacent to an activating group) is 1. The molecular formula is C20H14Cl2N2O6S. The van der Waals surface area contributed by atoms with Gasteiger partial charge in [0.15, 0.2) is 17.5 Å². The predicted molar refractivity (Wildman–Crippen MR) is 118 cm³/mol. The number of aliphatic imine (C=N–C) groups is 1. The van der Waals surface area contributed by atoms with Gasteiger partial charge in [-0.05, 0) is 59.8 Å². The van der Waals surface area contributed by atoms with Crippen LogP contribution in [0.25, 0.3) is 6.08 Å². The van der Waals surface area contributed by atoms with Crippen molar-refractivity contribution in [1.82, 2.24) is 4.90 Å². The number of nitrogens with zero attached hydrogens (tertiary/aromatic N) is 2. The molecule has 3 rings (SSSR count). The zero-order valence-corrected chi connectivity index (χ0v) is 18.2. The Balaban J connectivity index is 1.84. The highest BCUT2D eigenvalue weighted by Crippen LogP contribution is 2.37. The van der Waals surface area contributed by atoms with Crippen LogP contribution in [0.2, 0.25) is 10.0 Å². The van der Waals surface area contributed by atoms with E-state index in [9.17, 15) is 14.4 Å². The first kappa shape index (κ1) is 22.7. The van der Waals surface area contributed by atoms with Crippen molar-refractivity contribution in [2.24, 2.45) is 4.99 Å². The quantitative estimate of drug-likeness (QED) is 0.588. The molecule has 0 radical (unpaired) electrons. The standard InChI is InChI=1S/C20H14Cl2N2O6S/c1-24-18(27)15(31-20(24)23-12-4-2-11(3-5-12)19(28)29)8-10-6-13(21)17(14(22)7-10)30-9-16(25)26/h2-8H,9H2,1H3,(H,25,26)(H,28,29)/b15-8-,23-20?. The molecule has 2 aromatic carbocycles. The van der Waals surface area contributed by atoms with Crippen molar-refractivity contribution in [3.63, 3.8) is 0 Å². The smallest absolute Gasteiger partial charge is 0.341 e. The Bertz CT molecular complexity index is 1110. The van der Waals surface area contributed by atoms with Gasteiger partial charge < -0.3 is 14.9 Å². The number of ether oxygens (including phenoxy) is 1. The molecule has 1 aliphatic rings. The van der Waals surface area contributed by atoms with Gasteiger partial charge in [0.25, 0.3) is 5.91 Å². The second-order valence-electron chi connectivity index (χ2n) is 6.22. The molecule has 2 aromatic rings. The molecule has 1 fully saturated rings. The number of carboxylic acids is 2. The van der Waals surface area contributed by atoms with Crippen LogP contribution < -0.4 is 4.74 Å². The Kier molecular flexibility index (Phi) is 6.89. The number of carbonyl (C=O) groups is 3. The minimum Gasteiger partial charge on any atom is -0.479 e. The number of halogens is 2. The zero-order valence-electron chi connectivity index (χ0n) is 15.8. The topological polar surface area (TPSA) is 117 Å². The van der Waals surface area contributed by atoms with E-state index in [1.54, 1.807) is 25.3 Å².